The smallest absolute Gasteiger partial charge is 0.0574 e. The van der Waals surface area contributed by atoms with Gasteiger partial charge in [-0.15, -0.1) is 0 Å². The van der Waals surface area contributed by atoms with Crippen LogP contribution >= 0.6 is 0 Å². The molecule has 1 unspecified atom stereocenters. The molecule has 0 saturated heterocycles. The topological polar surface area (TPSA) is 57.0 Å². The first-order valence-electron chi connectivity index (χ1n) is 5.15. The first-order valence-corrected chi connectivity index (χ1v) is 5.15. The van der Waals surface area contributed by atoms with Gasteiger partial charge in [0.25, 0.3) is 0 Å². The Kier molecular flexibility index (Phi) is 2.50. The van der Waals surface area contributed by atoms with Crippen molar-refractivity contribution in [1.29, 1.82) is 0 Å². The maximum absolute atomic E-state index is 5.96. The number of para-hydroxylation sites is 1. The zero-order valence-corrected chi connectivity index (χ0v) is 9.20. The fraction of sp³-hybridized carbons (Fsp3) is 0.333. The summed E-state index contributed by atoms with van der Waals surface area (Å²) in [5, 5.41) is 1.23. The van der Waals surface area contributed by atoms with Gasteiger partial charge in [-0.2, -0.15) is 0 Å². The van der Waals surface area contributed by atoms with Crippen LogP contribution in [0.2, 0.25) is 0 Å². The van der Waals surface area contributed by atoms with E-state index in [0.717, 1.165) is 5.69 Å². The largest absolute Gasteiger partial charge is 0.346 e. The number of benzene rings is 1. The number of aryl methyl sites for hydroxylation is 2. The highest BCUT2D eigenvalue weighted by Crippen LogP contribution is 2.24. The summed E-state index contributed by atoms with van der Waals surface area (Å²) in [6.45, 7) is 2.59. The summed E-state index contributed by atoms with van der Waals surface area (Å²) in [6.07, 6.45) is 0. The van der Waals surface area contributed by atoms with Gasteiger partial charge in [0.05, 0.1) is 11.6 Å². The van der Waals surface area contributed by atoms with Gasteiger partial charge in [0.1, 0.15) is 0 Å². The van der Waals surface area contributed by atoms with Crippen molar-refractivity contribution >= 4 is 10.9 Å². The lowest BCUT2D eigenvalue weighted by Crippen LogP contribution is -2.22. The van der Waals surface area contributed by atoms with E-state index in [1.54, 1.807) is 0 Å². The Morgan fingerprint density at radius 1 is 1.40 bits per heavy atom. The Bertz CT molecular complexity index is 485. The van der Waals surface area contributed by atoms with Crippen LogP contribution < -0.4 is 11.5 Å². The second-order valence-electron chi connectivity index (χ2n) is 3.98. The molecule has 0 aliphatic rings. The lowest BCUT2D eigenvalue weighted by molar-refractivity contribution is 0.675. The van der Waals surface area contributed by atoms with Gasteiger partial charge in [0, 0.05) is 24.7 Å². The van der Waals surface area contributed by atoms with Gasteiger partial charge in [-0.25, -0.2) is 0 Å². The van der Waals surface area contributed by atoms with Crippen LogP contribution in [0.5, 0.6) is 0 Å². The number of hydrogen-bond acceptors (Lipinski definition) is 2. The van der Waals surface area contributed by atoms with Crippen molar-refractivity contribution in [3.8, 4) is 0 Å². The van der Waals surface area contributed by atoms with E-state index < -0.39 is 0 Å². The van der Waals surface area contributed by atoms with E-state index in [1.807, 2.05) is 7.05 Å². The van der Waals surface area contributed by atoms with Gasteiger partial charge >= 0.3 is 0 Å². The molecule has 0 saturated carbocycles. The third kappa shape index (κ3) is 1.54. The SMILES string of the molecule is Cc1cccc2cc(C(N)CN)n(C)c12. The van der Waals surface area contributed by atoms with Crippen LogP contribution in [-0.2, 0) is 7.05 Å². The molecule has 3 heteroatoms. The Morgan fingerprint density at radius 2 is 2.13 bits per heavy atom. The van der Waals surface area contributed by atoms with Crippen LogP contribution in [-0.4, -0.2) is 11.1 Å². The molecule has 1 aromatic carbocycles. The maximum atomic E-state index is 5.96. The zero-order valence-electron chi connectivity index (χ0n) is 9.20. The summed E-state index contributed by atoms with van der Waals surface area (Å²) in [4.78, 5) is 0. The van der Waals surface area contributed by atoms with Crippen molar-refractivity contribution in [2.45, 2.75) is 13.0 Å². The molecule has 0 amide bonds. The van der Waals surface area contributed by atoms with E-state index in [9.17, 15) is 0 Å². The van der Waals surface area contributed by atoms with E-state index in [4.69, 9.17) is 11.5 Å². The second-order valence-corrected chi connectivity index (χ2v) is 3.98. The van der Waals surface area contributed by atoms with E-state index >= 15 is 0 Å². The number of hydrogen-bond donors (Lipinski definition) is 2. The third-order valence-corrected chi connectivity index (χ3v) is 2.93. The molecule has 3 nitrogen and oxygen atoms in total. The minimum Gasteiger partial charge on any atom is -0.346 e. The van der Waals surface area contributed by atoms with Gasteiger partial charge in [-0.1, -0.05) is 18.2 Å². The van der Waals surface area contributed by atoms with Crippen molar-refractivity contribution in [1.82, 2.24) is 4.57 Å². The molecule has 0 aliphatic carbocycles. The Labute approximate surface area is 89.7 Å². The highest BCUT2D eigenvalue weighted by atomic mass is 15.0. The molecular formula is C12H17N3. The van der Waals surface area contributed by atoms with Crippen LogP contribution in [0.25, 0.3) is 10.9 Å². The molecular weight excluding hydrogens is 186 g/mol. The zero-order chi connectivity index (χ0) is 11.0. The molecule has 80 valence electrons. The van der Waals surface area contributed by atoms with Gasteiger partial charge in [-0.05, 0) is 18.6 Å². The average Bonchev–Trinajstić information content (AvgIpc) is 2.56. The monoisotopic (exact) mass is 203 g/mol. The maximum Gasteiger partial charge on any atom is 0.0574 e. The average molecular weight is 203 g/mol. The summed E-state index contributed by atoms with van der Waals surface area (Å²) >= 11 is 0. The summed E-state index contributed by atoms with van der Waals surface area (Å²) in [5.41, 5.74) is 15.2. The van der Waals surface area contributed by atoms with Crippen LogP contribution in [0.1, 0.15) is 17.3 Å². The van der Waals surface area contributed by atoms with Crippen molar-refractivity contribution in [2.24, 2.45) is 18.5 Å². The molecule has 1 aromatic heterocycles. The van der Waals surface area contributed by atoms with Gasteiger partial charge in [-0.3, -0.25) is 0 Å². The first-order chi connectivity index (χ1) is 7.15. The second kappa shape index (κ2) is 3.68. The number of nitrogens with zero attached hydrogens (tertiary/aromatic N) is 1. The Hall–Kier alpha value is -1.32. The van der Waals surface area contributed by atoms with E-state index in [-0.39, 0.29) is 6.04 Å². The standard InChI is InChI=1S/C12H17N3/c1-8-4-3-5-9-6-11(10(14)7-13)15(2)12(8)9/h3-6,10H,7,13-14H2,1-2H3. The molecule has 2 rings (SSSR count). The molecule has 0 bridgehead atoms. The van der Waals surface area contributed by atoms with Crippen LogP contribution in [0.15, 0.2) is 24.3 Å². The van der Waals surface area contributed by atoms with E-state index in [2.05, 4.69) is 35.8 Å². The molecule has 0 aliphatic heterocycles. The number of nitrogens with two attached hydrogens (primary N) is 2. The normalized spacial score (nSPS) is 13.3. The highest BCUT2D eigenvalue weighted by molar-refractivity contribution is 5.84. The fourth-order valence-corrected chi connectivity index (χ4v) is 2.12. The summed E-state index contributed by atoms with van der Waals surface area (Å²) < 4.78 is 2.14. The predicted octanol–water partition coefficient (Wildman–Crippen LogP) is 1.45. The minimum absolute atomic E-state index is 0.0817. The molecule has 0 fully saturated rings. The van der Waals surface area contributed by atoms with Gasteiger partial charge in [0.2, 0.25) is 0 Å². The number of aromatic nitrogens is 1. The molecule has 4 N–H and O–H groups in total. The summed E-state index contributed by atoms with van der Waals surface area (Å²) in [7, 11) is 2.04. The molecule has 1 atom stereocenters. The molecule has 0 spiro atoms. The minimum atomic E-state index is -0.0817. The lowest BCUT2D eigenvalue weighted by atomic mass is 10.1. The van der Waals surface area contributed by atoms with E-state index in [1.165, 1.54) is 16.5 Å². The van der Waals surface area contributed by atoms with Crippen LogP contribution in [0.3, 0.4) is 0 Å². The van der Waals surface area contributed by atoms with Gasteiger partial charge in [0.15, 0.2) is 0 Å². The molecule has 0 radical (unpaired) electrons. The first kappa shape index (κ1) is 10.2. The Morgan fingerprint density at radius 3 is 2.73 bits per heavy atom. The van der Waals surface area contributed by atoms with Crippen molar-refractivity contribution in [3.05, 3.63) is 35.5 Å². The predicted molar refractivity (Wildman–Crippen MR) is 63.6 cm³/mol. The third-order valence-electron chi connectivity index (χ3n) is 2.93. The van der Waals surface area contributed by atoms with Gasteiger partial charge < -0.3 is 16.0 Å². The van der Waals surface area contributed by atoms with Crippen molar-refractivity contribution in [3.63, 3.8) is 0 Å². The molecule has 2 aromatic rings. The summed E-state index contributed by atoms with van der Waals surface area (Å²) in [6, 6.07) is 8.33. The van der Waals surface area contributed by atoms with Crippen molar-refractivity contribution in [2.75, 3.05) is 6.54 Å². The van der Waals surface area contributed by atoms with Crippen LogP contribution in [0.4, 0.5) is 0 Å². The van der Waals surface area contributed by atoms with E-state index in [0.29, 0.717) is 6.54 Å². The van der Waals surface area contributed by atoms with Crippen molar-refractivity contribution < 1.29 is 0 Å². The number of fused-ring (bicyclic) bond motifs is 1. The molecule has 1 heterocycles. The lowest BCUT2D eigenvalue weighted by Gasteiger charge is -2.10. The quantitative estimate of drug-likeness (QED) is 0.776. The Balaban J connectivity index is 2.70. The highest BCUT2D eigenvalue weighted by Gasteiger charge is 2.12. The van der Waals surface area contributed by atoms with Crippen LogP contribution in [0, 0.1) is 6.92 Å². The molecule has 15 heavy (non-hydrogen) atoms. The fourth-order valence-electron chi connectivity index (χ4n) is 2.12. The summed E-state index contributed by atoms with van der Waals surface area (Å²) in [5.74, 6) is 0. The number of rotatable bonds is 2.